The van der Waals surface area contributed by atoms with Crippen LogP contribution in [-0.4, -0.2) is 45.1 Å². The summed E-state index contributed by atoms with van der Waals surface area (Å²) >= 11 is 0. The summed E-state index contributed by atoms with van der Waals surface area (Å²) in [4.78, 5) is 31.9. The summed E-state index contributed by atoms with van der Waals surface area (Å²) < 4.78 is 5.59. The van der Waals surface area contributed by atoms with Crippen molar-refractivity contribution >= 4 is 39.6 Å². The standard InChI is InChI=1S/C37H36N4O3/c1-26(27-11-4-3-5-12-27)38-37(43)32-25-29(39-36(42)31-16-10-14-28-13-6-7-15-30(28)31)19-20-33(32)40-21-23-41(24-22-40)34-17-8-9-18-35(34)44-2/h3-20,25-26H,21-24H2,1-2H3,(H,38,43)(H,39,42). The van der Waals surface area contributed by atoms with Crippen LogP contribution in [0, 0.1) is 0 Å². The minimum atomic E-state index is -0.219. The normalized spacial score (nSPS) is 13.8. The number of carbonyl (C=O) groups is 2. The predicted molar refractivity (Wildman–Crippen MR) is 178 cm³/mol. The van der Waals surface area contributed by atoms with Gasteiger partial charge in [-0.2, -0.15) is 0 Å². The van der Waals surface area contributed by atoms with Crippen molar-refractivity contribution in [2.24, 2.45) is 0 Å². The van der Waals surface area contributed by atoms with Crippen molar-refractivity contribution < 1.29 is 14.3 Å². The molecule has 0 bridgehead atoms. The van der Waals surface area contributed by atoms with Gasteiger partial charge in [0.2, 0.25) is 0 Å². The van der Waals surface area contributed by atoms with E-state index in [-0.39, 0.29) is 17.9 Å². The van der Waals surface area contributed by atoms with Crippen LogP contribution in [-0.2, 0) is 0 Å². The number of nitrogens with one attached hydrogen (secondary N) is 2. The molecule has 5 aromatic rings. The van der Waals surface area contributed by atoms with Crippen molar-refractivity contribution in [3.8, 4) is 5.75 Å². The number of rotatable bonds is 8. The molecule has 1 saturated heterocycles. The first kappa shape index (κ1) is 28.8. The molecule has 0 saturated carbocycles. The molecular weight excluding hydrogens is 548 g/mol. The van der Waals surface area contributed by atoms with E-state index in [4.69, 9.17) is 4.74 Å². The molecule has 5 aromatic carbocycles. The van der Waals surface area contributed by atoms with E-state index < -0.39 is 0 Å². The highest BCUT2D eigenvalue weighted by molar-refractivity contribution is 6.13. The minimum absolute atomic E-state index is 0.187. The number of anilines is 3. The summed E-state index contributed by atoms with van der Waals surface area (Å²) in [6.07, 6.45) is 0. The molecule has 0 spiro atoms. The molecule has 7 nitrogen and oxygen atoms in total. The third kappa shape index (κ3) is 6.08. The van der Waals surface area contributed by atoms with Crippen LogP contribution < -0.4 is 25.2 Å². The number of fused-ring (bicyclic) bond motifs is 1. The number of nitrogens with zero attached hydrogens (tertiary/aromatic N) is 2. The molecule has 222 valence electrons. The lowest BCUT2D eigenvalue weighted by Crippen LogP contribution is -2.47. The van der Waals surface area contributed by atoms with Gasteiger partial charge in [0.25, 0.3) is 11.8 Å². The smallest absolute Gasteiger partial charge is 0.256 e. The molecule has 1 aliphatic rings. The molecule has 1 aliphatic heterocycles. The molecule has 1 atom stereocenters. The molecular formula is C37H36N4O3. The Morgan fingerprint density at radius 1 is 0.682 bits per heavy atom. The number of piperazine rings is 1. The topological polar surface area (TPSA) is 73.9 Å². The molecule has 1 fully saturated rings. The van der Waals surface area contributed by atoms with Gasteiger partial charge in [0, 0.05) is 43.1 Å². The van der Waals surface area contributed by atoms with Crippen LogP contribution in [0.5, 0.6) is 5.75 Å². The monoisotopic (exact) mass is 584 g/mol. The van der Waals surface area contributed by atoms with Crippen LogP contribution in [0.2, 0.25) is 0 Å². The van der Waals surface area contributed by atoms with Gasteiger partial charge in [0.15, 0.2) is 0 Å². The highest BCUT2D eigenvalue weighted by Gasteiger charge is 2.25. The second-order valence-corrected chi connectivity index (χ2v) is 11.0. The van der Waals surface area contributed by atoms with Gasteiger partial charge in [0.1, 0.15) is 5.75 Å². The fourth-order valence-electron chi connectivity index (χ4n) is 5.87. The first-order valence-electron chi connectivity index (χ1n) is 14.9. The van der Waals surface area contributed by atoms with Crippen LogP contribution in [0.4, 0.5) is 17.1 Å². The van der Waals surface area contributed by atoms with Gasteiger partial charge in [0.05, 0.1) is 24.4 Å². The number of carbonyl (C=O) groups excluding carboxylic acids is 2. The maximum absolute atomic E-state index is 13.9. The number of amides is 2. The van der Waals surface area contributed by atoms with E-state index in [1.165, 1.54) is 0 Å². The lowest BCUT2D eigenvalue weighted by atomic mass is 10.0. The first-order chi connectivity index (χ1) is 21.5. The number of hydrogen-bond acceptors (Lipinski definition) is 5. The van der Waals surface area contributed by atoms with Crippen LogP contribution >= 0.6 is 0 Å². The average molecular weight is 585 g/mol. The Morgan fingerprint density at radius 2 is 1.34 bits per heavy atom. The highest BCUT2D eigenvalue weighted by Crippen LogP contribution is 2.31. The Bertz CT molecular complexity index is 1780. The molecule has 44 heavy (non-hydrogen) atoms. The number of hydrogen-bond donors (Lipinski definition) is 2. The lowest BCUT2D eigenvalue weighted by Gasteiger charge is -2.38. The number of ether oxygens (including phenoxy) is 1. The van der Waals surface area contributed by atoms with Crippen molar-refractivity contribution in [3.05, 3.63) is 132 Å². The minimum Gasteiger partial charge on any atom is -0.495 e. The van der Waals surface area contributed by atoms with Crippen molar-refractivity contribution in [1.29, 1.82) is 0 Å². The van der Waals surface area contributed by atoms with E-state index in [1.54, 1.807) is 13.2 Å². The summed E-state index contributed by atoms with van der Waals surface area (Å²) in [6.45, 7) is 5.00. The quantitative estimate of drug-likeness (QED) is 0.207. The fraction of sp³-hybridized carbons (Fsp3) is 0.189. The lowest BCUT2D eigenvalue weighted by molar-refractivity contribution is 0.0939. The number of methoxy groups -OCH3 is 1. The molecule has 2 N–H and O–H groups in total. The molecule has 1 unspecified atom stereocenters. The fourth-order valence-corrected chi connectivity index (χ4v) is 5.87. The van der Waals surface area contributed by atoms with E-state index in [9.17, 15) is 9.59 Å². The zero-order chi connectivity index (χ0) is 30.5. The van der Waals surface area contributed by atoms with E-state index in [0.29, 0.717) is 16.8 Å². The summed E-state index contributed by atoms with van der Waals surface area (Å²) in [5.74, 6) is 0.441. The van der Waals surface area contributed by atoms with Crippen molar-refractivity contribution in [1.82, 2.24) is 5.32 Å². The second kappa shape index (κ2) is 12.9. The summed E-state index contributed by atoms with van der Waals surface area (Å²) in [7, 11) is 1.69. The molecule has 1 heterocycles. The van der Waals surface area contributed by atoms with Gasteiger partial charge in [-0.3, -0.25) is 9.59 Å². The van der Waals surface area contributed by atoms with E-state index in [2.05, 4.69) is 26.5 Å². The molecule has 0 aromatic heterocycles. The molecule has 0 aliphatic carbocycles. The maximum atomic E-state index is 13.9. The Hall–Kier alpha value is -5.30. The van der Waals surface area contributed by atoms with E-state index in [1.807, 2.05) is 110 Å². The van der Waals surface area contributed by atoms with Crippen molar-refractivity contribution in [2.45, 2.75) is 13.0 Å². The second-order valence-electron chi connectivity index (χ2n) is 11.0. The van der Waals surface area contributed by atoms with Crippen LogP contribution in [0.25, 0.3) is 10.8 Å². The van der Waals surface area contributed by atoms with Crippen LogP contribution in [0.3, 0.4) is 0 Å². The molecule has 0 radical (unpaired) electrons. The Morgan fingerprint density at radius 3 is 2.11 bits per heavy atom. The van der Waals surface area contributed by atoms with Crippen LogP contribution in [0.15, 0.2) is 115 Å². The Balaban J connectivity index is 1.27. The number of benzene rings is 5. The molecule has 7 heteroatoms. The third-order valence-corrected chi connectivity index (χ3v) is 8.23. The highest BCUT2D eigenvalue weighted by atomic mass is 16.5. The number of para-hydroxylation sites is 2. The van der Waals surface area contributed by atoms with E-state index in [0.717, 1.165) is 59.6 Å². The zero-order valence-electron chi connectivity index (χ0n) is 25.0. The van der Waals surface area contributed by atoms with Gasteiger partial charge in [-0.1, -0.05) is 78.9 Å². The van der Waals surface area contributed by atoms with Crippen molar-refractivity contribution in [2.75, 3.05) is 48.4 Å². The van der Waals surface area contributed by atoms with Crippen LogP contribution in [0.1, 0.15) is 39.2 Å². The van der Waals surface area contributed by atoms with Gasteiger partial charge in [-0.25, -0.2) is 0 Å². The average Bonchev–Trinajstić information content (AvgIpc) is 3.08. The Labute approximate surface area is 258 Å². The Kier molecular flexibility index (Phi) is 8.46. The van der Waals surface area contributed by atoms with Gasteiger partial charge in [-0.05, 0) is 59.7 Å². The predicted octanol–water partition coefficient (Wildman–Crippen LogP) is 6.92. The van der Waals surface area contributed by atoms with Gasteiger partial charge in [-0.15, -0.1) is 0 Å². The summed E-state index contributed by atoms with van der Waals surface area (Å²) in [5, 5.41) is 8.09. The molecule has 6 rings (SSSR count). The van der Waals surface area contributed by atoms with Gasteiger partial charge >= 0.3 is 0 Å². The zero-order valence-corrected chi connectivity index (χ0v) is 25.0. The van der Waals surface area contributed by atoms with E-state index >= 15 is 0 Å². The first-order valence-corrected chi connectivity index (χ1v) is 14.9. The SMILES string of the molecule is COc1ccccc1N1CCN(c2ccc(NC(=O)c3cccc4ccccc34)cc2C(=O)NC(C)c2ccccc2)CC1. The summed E-state index contributed by atoms with van der Waals surface area (Å²) in [6, 6.07) is 36.9. The maximum Gasteiger partial charge on any atom is 0.256 e. The largest absolute Gasteiger partial charge is 0.495 e. The summed E-state index contributed by atoms with van der Waals surface area (Å²) in [5.41, 5.74) is 4.60. The van der Waals surface area contributed by atoms with Gasteiger partial charge < -0.3 is 25.2 Å². The molecule has 2 amide bonds. The third-order valence-electron chi connectivity index (χ3n) is 8.23. The van der Waals surface area contributed by atoms with Crippen molar-refractivity contribution in [3.63, 3.8) is 0 Å².